The molecule has 0 aliphatic carbocycles. The molecule has 148 valence electrons. The molecule has 28 heavy (non-hydrogen) atoms. The molecule has 1 heterocycles. The van der Waals surface area contributed by atoms with E-state index in [1.165, 1.54) is 14.2 Å². The maximum Gasteiger partial charge on any atom is 0.257 e. The van der Waals surface area contributed by atoms with Crippen LogP contribution < -0.4 is 9.47 Å². The van der Waals surface area contributed by atoms with Crippen molar-refractivity contribution in [2.45, 2.75) is 0 Å². The SMILES string of the molecule is COc1cc(Cl)ccc1C(=O)N1CCN(C(=O)c2cc(Cl)ccc2OC)CC1. The predicted octanol–water partition coefficient (Wildman–Crippen LogP) is 3.61. The summed E-state index contributed by atoms with van der Waals surface area (Å²) in [6, 6.07) is 9.86. The molecule has 1 fully saturated rings. The third-order valence-corrected chi connectivity index (χ3v) is 5.11. The fourth-order valence-electron chi connectivity index (χ4n) is 3.14. The van der Waals surface area contributed by atoms with E-state index in [-0.39, 0.29) is 11.8 Å². The molecule has 3 rings (SSSR count). The second-order valence-corrected chi connectivity index (χ2v) is 7.15. The number of carbonyl (C=O) groups excluding carboxylic acids is 2. The summed E-state index contributed by atoms with van der Waals surface area (Å²) in [7, 11) is 3.01. The van der Waals surface area contributed by atoms with E-state index >= 15 is 0 Å². The molecule has 0 spiro atoms. The molecule has 2 aromatic carbocycles. The van der Waals surface area contributed by atoms with Crippen LogP contribution in [0, 0.1) is 0 Å². The van der Waals surface area contributed by atoms with Gasteiger partial charge in [0, 0.05) is 36.2 Å². The molecule has 6 nitrogen and oxygen atoms in total. The van der Waals surface area contributed by atoms with E-state index in [1.807, 2.05) is 0 Å². The van der Waals surface area contributed by atoms with Gasteiger partial charge >= 0.3 is 0 Å². The number of halogens is 2. The Kier molecular flexibility index (Phi) is 6.31. The van der Waals surface area contributed by atoms with Crippen LogP contribution in [0.2, 0.25) is 10.0 Å². The van der Waals surface area contributed by atoms with Crippen molar-refractivity contribution in [1.82, 2.24) is 9.80 Å². The minimum atomic E-state index is -0.171. The number of nitrogens with zero attached hydrogens (tertiary/aromatic N) is 2. The van der Waals surface area contributed by atoms with Gasteiger partial charge in [-0.3, -0.25) is 9.59 Å². The van der Waals surface area contributed by atoms with Crippen molar-refractivity contribution in [3.63, 3.8) is 0 Å². The van der Waals surface area contributed by atoms with E-state index in [4.69, 9.17) is 32.7 Å². The van der Waals surface area contributed by atoms with Gasteiger partial charge in [0.1, 0.15) is 11.5 Å². The van der Waals surface area contributed by atoms with E-state index in [0.717, 1.165) is 0 Å². The molecule has 0 unspecified atom stereocenters. The first kappa shape index (κ1) is 20.3. The first-order valence-corrected chi connectivity index (χ1v) is 9.46. The van der Waals surface area contributed by atoms with Gasteiger partial charge in [-0.25, -0.2) is 0 Å². The maximum absolute atomic E-state index is 12.9. The number of ether oxygens (including phenoxy) is 2. The molecule has 0 radical (unpaired) electrons. The zero-order chi connectivity index (χ0) is 20.3. The zero-order valence-corrected chi connectivity index (χ0v) is 17.1. The van der Waals surface area contributed by atoms with Crippen molar-refractivity contribution < 1.29 is 19.1 Å². The normalized spacial score (nSPS) is 14.0. The summed E-state index contributed by atoms with van der Waals surface area (Å²) < 4.78 is 10.5. The smallest absolute Gasteiger partial charge is 0.257 e. The second-order valence-electron chi connectivity index (χ2n) is 6.27. The average molecular weight is 423 g/mol. The number of amides is 2. The molecule has 0 N–H and O–H groups in total. The van der Waals surface area contributed by atoms with E-state index in [2.05, 4.69) is 0 Å². The van der Waals surface area contributed by atoms with E-state index < -0.39 is 0 Å². The van der Waals surface area contributed by atoms with Crippen LogP contribution in [0.1, 0.15) is 20.7 Å². The Morgan fingerprint density at radius 1 is 0.750 bits per heavy atom. The highest BCUT2D eigenvalue weighted by molar-refractivity contribution is 6.31. The van der Waals surface area contributed by atoms with Crippen LogP contribution in [0.3, 0.4) is 0 Å². The van der Waals surface area contributed by atoms with Gasteiger partial charge in [-0.2, -0.15) is 0 Å². The van der Waals surface area contributed by atoms with Gasteiger partial charge in [-0.15, -0.1) is 0 Å². The Morgan fingerprint density at radius 3 is 1.82 bits per heavy atom. The molecule has 0 atom stereocenters. The van der Waals surface area contributed by atoms with Crippen molar-refractivity contribution in [2.75, 3.05) is 40.4 Å². The number of hydrogen-bond acceptors (Lipinski definition) is 4. The molecular formula is C20H20Cl2N2O4. The highest BCUT2D eigenvalue weighted by Crippen LogP contribution is 2.26. The topological polar surface area (TPSA) is 59.1 Å². The lowest BCUT2D eigenvalue weighted by molar-refractivity contribution is 0.0532. The summed E-state index contributed by atoms with van der Waals surface area (Å²) in [4.78, 5) is 29.1. The molecule has 1 saturated heterocycles. The third-order valence-electron chi connectivity index (χ3n) is 4.64. The number of carbonyl (C=O) groups is 2. The van der Waals surface area contributed by atoms with Gasteiger partial charge in [-0.05, 0) is 36.4 Å². The van der Waals surface area contributed by atoms with Crippen molar-refractivity contribution >= 4 is 35.0 Å². The lowest BCUT2D eigenvalue weighted by atomic mass is 10.1. The number of benzene rings is 2. The van der Waals surface area contributed by atoms with Gasteiger partial charge in [0.15, 0.2) is 0 Å². The molecule has 2 amide bonds. The van der Waals surface area contributed by atoms with Gasteiger partial charge < -0.3 is 19.3 Å². The summed E-state index contributed by atoms with van der Waals surface area (Å²) in [6.45, 7) is 1.66. The summed E-state index contributed by atoms with van der Waals surface area (Å²) in [5, 5.41) is 0.965. The fourth-order valence-corrected chi connectivity index (χ4v) is 3.48. The van der Waals surface area contributed by atoms with Gasteiger partial charge in [0.25, 0.3) is 11.8 Å². The third kappa shape index (κ3) is 4.18. The zero-order valence-electron chi connectivity index (χ0n) is 15.6. The fraction of sp³-hybridized carbons (Fsp3) is 0.300. The van der Waals surface area contributed by atoms with Gasteiger partial charge in [0.05, 0.1) is 25.3 Å². The monoisotopic (exact) mass is 422 g/mol. The average Bonchev–Trinajstić information content (AvgIpc) is 2.72. The van der Waals surface area contributed by atoms with Crippen LogP contribution in [0.25, 0.3) is 0 Å². The molecule has 0 aromatic heterocycles. The van der Waals surface area contributed by atoms with Gasteiger partial charge in [0.2, 0.25) is 0 Å². The van der Waals surface area contributed by atoms with Crippen LogP contribution in [-0.2, 0) is 0 Å². The van der Waals surface area contributed by atoms with Crippen molar-refractivity contribution in [2.24, 2.45) is 0 Å². The molecular weight excluding hydrogens is 403 g/mol. The van der Waals surface area contributed by atoms with Crippen LogP contribution in [0.15, 0.2) is 36.4 Å². The predicted molar refractivity (Wildman–Crippen MR) is 108 cm³/mol. The Morgan fingerprint density at radius 2 is 1.25 bits per heavy atom. The van der Waals surface area contributed by atoms with Crippen LogP contribution in [0.5, 0.6) is 11.5 Å². The number of rotatable bonds is 4. The molecule has 1 aliphatic heterocycles. The first-order chi connectivity index (χ1) is 13.4. The number of piperazine rings is 1. The van der Waals surface area contributed by atoms with Crippen LogP contribution >= 0.6 is 23.2 Å². The Balaban J connectivity index is 1.70. The lowest BCUT2D eigenvalue weighted by Crippen LogP contribution is -2.50. The molecule has 2 aromatic rings. The summed E-state index contributed by atoms with van der Waals surface area (Å²) >= 11 is 12.0. The van der Waals surface area contributed by atoms with E-state index in [9.17, 15) is 9.59 Å². The standard InChI is InChI=1S/C20H20Cl2N2O4/c1-27-17-6-4-13(21)11-16(17)20(26)24-9-7-23(8-10-24)19(25)15-5-3-14(22)12-18(15)28-2/h3-6,11-12H,7-10H2,1-2H3. The minimum absolute atomic E-state index is 0.152. The first-order valence-electron chi connectivity index (χ1n) is 8.70. The molecule has 8 heteroatoms. The van der Waals surface area contributed by atoms with Gasteiger partial charge in [-0.1, -0.05) is 23.2 Å². The quantitative estimate of drug-likeness (QED) is 0.754. The molecule has 0 bridgehead atoms. The number of methoxy groups -OCH3 is 2. The summed E-state index contributed by atoms with van der Waals surface area (Å²) in [5.74, 6) is 0.579. The Bertz CT molecular complexity index is 896. The van der Waals surface area contributed by atoms with Crippen molar-refractivity contribution in [1.29, 1.82) is 0 Å². The van der Waals surface area contributed by atoms with Crippen molar-refractivity contribution in [3.8, 4) is 11.5 Å². The summed E-state index contributed by atoms with van der Waals surface area (Å²) in [5.41, 5.74) is 0.859. The van der Waals surface area contributed by atoms with E-state index in [1.54, 1.807) is 46.2 Å². The molecule has 1 aliphatic rings. The molecule has 0 saturated carbocycles. The Labute approximate surface area is 173 Å². The highest BCUT2D eigenvalue weighted by Gasteiger charge is 2.28. The largest absolute Gasteiger partial charge is 0.496 e. The maximum atomic E-state index is 12.9. The Hall–Kier alpha value is -2.44. The van der Waals surface area contributed by atoms with Crippen LogP contribution in [-0.4, -0.2) is 62.0 Å². The highest BCUT2D eigenvalue weighted by atomic mass is 35.5. The summed E-state index contributed by atoms with van der Waals surface area (Å²) in [6.07, 6.45) is 0. The second kappa shape index (κ2) is 8.71. The number of hydrogen-bond donors (Lipinski definition) is 0. The minimum Gasteiger partial charge on any atom is -0.496 e. The lowest BCUT2D eigenvalue weighted by Gasteiger charge is -2.35. The van der Waals surface area contributed by atoms with E-state index in [0.29, 0.717) is 58.9 Å². The van der Waals surface area contributed by atoms with Crippen LogP contribution in [0.4, 0.5) is 0 Å². The van der Waals surface area contributed by atoms with Crippen molar-refractivity contribution in [3.05, 3.63) is 57.6 Å².